The Hall–Kier alpha value is -3.47. The van der Waals surface area contributed by atoms with Crippen LogP contribution in [-0.4, -0.2) is 26.2 Å². The molecule has 6 heteroatoms. The normalized spacial score (nSPS) is 18.7. The van der Waals surface area contributed by atoms with E-state index >= 15 is 0 Å². The molecule has 32 heavy (non-hydrogen) atoms. The molecule has 3 aliphatic rings. The molecule has 0 fully saturated rings. The third kappa shape index (κ3) is 3.79. The molecule has 0 aromatic carbocycles. The quantitative estimate of drug-likeness (QED) is 0.307. The maximum absolute atomic E-state index is 4.80. The van der Waals surface area contributed by atoms with Gasteiger partial charge in [0.25, 0.3) is 0 Å². The first-order valence-corrected chi connectivity index (χ1v) is 10.4. The second-order valence-electron chi connectivity index (χ2n) is 8.36. The van der Waals surface area contributed by atoms with E-state index in [4.69, 9.17) is 9.97 Å². The molecule has 6 heterocycles. The SMILES string of the molecule is CC1(c2cc3cc4nc(cc5ccc(cc6nc(cc2[nH]3)C=C6)[nH]5)C=C4)C=CN=CC1.[Fe]. The molecule has 1 unspecified atom stereocenters. The zero-order valence-corrected chi connectivity index (χ0v) is 18.6. The zero-order chi connectivity index (χ0) is 20.8. The van der Waals surface area contributed by atoms with E-state index in [1.54, 1.807) is 0 Å². The van der Waals surface area contributed by atoms with E-state index in [2.05, 4.69) is 76.5 Å². The molecule has 3 aromatic rings. The van der Waals surface area contributed by atoms with Gasteiger partial charge in [-0.25, -0.2) is 9.97 Å². The van der Waals surface area contributed by atoms with Crippen molar-refractivity contribution >= 4 is 52.6 Å². The number of nitrogens with one attached hydrogen (secondary N) is 2. The molecule has 5 nitrogen and oxygen atoms in total. The Morgan fingerprint density at radius 2 is 1.34 bits per heavy atom. The molecule has 1 atom stereocenters. The van der Waals surface area contributed by atoms with Crippen molar-refractivity contribution < 1.29 is 17.1 Å². The van der Waals surface area contributed by atoms with E-state index in [-0.39, 0.29) is 22.5 Å². The Morgan fingerprint density at radius 3 is 1.94 bits per heavy atom. The van der Waals surface area contributed by atoms with Gasteiger partial charge in [-0.05, 0) is 78.8 Å². The average Bonchev–Trinajstić information content (AvgIpc) is 3.53. The number of aliphatic imine (C=N–C) groups is 1. The Kier molecular flexibility index (Phi) is 5.04. The van der Waals surface area contributed by atoms with Crippen LogP contribution in [0.4, 0.5) is 0 Å². The summed E-state index contributed by atoms with van der Waals surface area (Å²) < 4.78 is 0. The number of hydrogen-bond acceptors (Lipinski definition) is 3. The molecular formula is C26H21FeN5. The van der Waals surface area contributed by atoms with E-state index < -0.39 is 0 Å². The van der Waals surface area contributed by atoms with Gasteiger partial charge in [-0.2, -0.15) is 0 Å². The van der Waals surface area contributed by atoms with Gasteiger partial charge < -0.3 is 9.97 Å². The number of aromatic nitrogens is 4. The Morgan fingerprint density at radius 1 is 0.750 bits per heavy atom. The monoisotopic (exact) mass is 459 g/mol. The third-order valence-corrected chi connectivity index (χ3v) is 5.93. The summed E-state index contributed by atoms with van der Waals surface area (Å²) in [5, 5.41) is 0. The Bertz CT molecular complexity index is 1480. The molecule has 6 rings (SSSR count). The van der Waals surface area contributed by atoms with Crippen LogP contribution in [0.2, 0.25) is 0 Å². The third-order valence-electron chi connectivity index (χ3n) is 5.93. The second kappa shape index (κ2) is 7.90. The molecule has 158 valence electrons. The van der Waals surface area contributed by atoms with Crippen LogP contribution in [0.5, 0.6) is 0 Å². The fourth-order valence-corrected chi connectivity index (χ4v) is 4.27. The van der Waals surface area contributed by atoms with Crippen molar-refractivity contribution in [2.45, 2.75) is 18.8 Å². The van der Waals surface area contributed by atoms with Crippen molar-refractivity contribution in [3.63, 3.8) is 0 Å². The van der Waals surface area contributed by atoms with Crippen LogP contribution in [0.3, 0.4) is 0 Å². The van der Waals surface area contributed by atoms with Gasteiger partial charge in [-0.15, -0.1) is 0 Å². The van der Waals surface area contributed by atoms with E-state index in [9.17, 15) is 0 Å². The summed E-state index contributed by atoms with van der Waals surface area (Å²) in [4.78, 5) is 20.8. The number of nitrogens with zero attached hydrogens (tertiary/aromatic N) is 3. The molecule has 3 aliphatic heterocycles. The molecule has 0 radical (unpaired) electrons. The summed E-state index contributed by atoms with van der Waals surface area (Å²) >= 11 is 0. The van der Waals surface area contributed by atoms with E-state index in [0.717, 1.165) is 51.3 Å². The van der Waals surface area contributed by atoms with Crippen LogP contribution in [0.15, 0.2) is 59.7 Å². The summed E-state index contributed by atoms with van der Waals surface area (Å²) in [6.07, 6.45) is 15.1. The summed E-state index contributed by atoms with van der Waals surface area (Å²) in [6, 6.07) is 14.7. The predicted octanol–water partition coefficient (Wildman–Crippen LogP) is 5.90. The number of rotatable bonds is 1. The molecule has 0 saturated carbocycles. The van der Waals surface area contributed by atoms with Crippen molar-refractivity contribution in [1.82, 2.24) is 19.9 Å². The van der Waals surface area contributed by atoms with Crippen LogP contribution in [0.25, 0.3) is 46.4 Å². The first-order valence-electron chi connectivity index (χ1n) is 10.4. The molecule has 3 aromatic heterocycles. The number of hydrogen-bond donors (Lipinski definition) is 2. The van der Waals surface area contributed by atoms with Gasteiger partial charge in [0.2, 0.25) is 0 Å². The number of fused-ring (bicyclic) bond motifs is 8. The van der Waals surface area contributed by atoms with E-state index in [1.165, 1.54) is 5.56 Å². The van der Waals surface area contributed by atoms with Crippen molar-refractivity contribution in [3.8, 4) is 0 Å². The molecular weight excluding hydrogens is 438 g/mol. The molecule has 2 N–H and O–H groups in total. The largest absolute Gasteiger partial charge is 0.355 e. The van der Waals surface area contributed by atoms with Crippen LogP contribution in [0, 0.1) is 0 Å². The first kappa shape index (κ1) is 20.4. The predicted molar refractivity (Wildman–Crippen MR) is 128 cm³/mol. The minimum atomic E-state index is -0.126. The topological polar surface area (TPSA) is 69.7 Å². The number of allylic oxidation sites excluding steroid dienone is 1. The van der Waals surface area contributed by atoms with Crippen LogP contribution >= 0.6 is 0 Å². The van der Waals surface area contributed by atoms with Crippen molar-refractivity contribution in [1.29, 1.82) is 0 Å². The van der Waals surface area contributed by atoms with Crippen molar-refractivity contribution in [2.75, 3.05) is 0 Å². The van der Waals surface area contributed by atoms with Gasteiger partial charge in [0.1, 0.15) is 0 Å². The standard InChI is InChI=1S/C26H21N5.Fe/c1-26(8-10-27-11-9-26)24-15-23-14-21-5-4-19(29-21)12-17-2-3-18(28-17)13-20-6-7-22(30-20)16-25(24)31-23;/h2-8,10-16,28,31H,9H2,1H3;. The number of H-pyrrole nitrogens is 2. The fourth-order valence-electron chi connectivity index (χ4n) is 4.27. The summed E-state index contributed by atoms with van der Waals surface area (Å²) in [7, 11) is 0. The minimum Gasteiger partial charge on any atom is -0.355 e. The summed E-state index contributed by atoms with van der Waals surface area (Å²) in [6.45, 7) is 2.25. The zero-order valence-electron chi connectivity index (χ0n) is 17.5. The van der Waals surface area contributed by atoms with Gasteiger partial charge >= 0.3 is 0 Å². The Labute approximate surface area is 196 Å². The number of aromatic amines is 2. The molecule has 0 aliphatic carbocycles. The van der Waals surface area contributed by atoms with Gasteiger partial charge in [0, 0.05) is 57.0 Å². The van der Waals surface area contributed by atoms with Crippen LogP contribution in [-0.2, 0) is 22.5 Å². The fraction of sp³-hybridized carbons (Fsp3) is 0.115. The summed E-state index contributed by atoms with van der Waals surface area (Å²) in [5.41, 5.74) is 8.93. The molecule has 0 spiro atoms. The Balaban J connectivity index is 0.00000216. The smallest absolute Gasteiger partial charge is 0.0658 e. The maximum atomic E-state index is 4.80. The molecule has 0 amide bonds. The van der Waals surface area contributed by atoms with Gasteiger partial charge in [0.15, 0.2) is 0 Å². The summed E-state index contributed by atoms with van der Waals surface area (Å²) in [5.74, 6) is 0. The van der Waals surface area contributed by atoms with Gasteiger partial charge in [-0.3, -0.25) is 4.99 Å². The van der Waals surface area contributed by atoms with Crippen molar-refractivity contribution in [2.24, 2.45) is 4.99 Å². The van der Waals surface area contributed by atoms with Gasteiger partial charge in [0.05, 0.1) is 22.8 Å². The van der Waals surface area contributed by atoms with Crippen LogP contribution < -0.4 is 0 Å². The van der Waals surface area contributed by atoms with Crippen LogP contribution in [0.1, 0.15) is 41.7 Å². The van der Waals surface area contributed by atoms with E-state index in [0.29, 0.717) is 0 Å². The second-order valence-corrected chi connectivity index (χ2v) is 8.36. The minimum absolute atomic E-state index is 0. The van der Waals surface area contributed by atoms with E-state index in [1.807, 2.05) is 30.6 Å². The molecule has 8 bridgehead atoms. The first-order chi connectivity index (χ1) is 15.1. The molecule has 0 saturated heterocycles. The maximum Gasteiger partial charge on any atom is 0.0658 e. The average molecular weight is 459 g/mol. The van der Waals surface area contributed by atoms with Gasteiger partial charge in [-0.1, -0.05) is 13.0 Å². The van der Waals surface area contributed by atoms with Crippen molar-refractivity contribution in [3.05, 3.63) is 83.1 Å².